The maximum atomic E-state index is 12.1. The first-order chi connectivity index (χ1) is 4.92. The summed E-state index contributed by atoms with van der Waals surface area (Å²) in [4.78, 5) is -2.79. The van der Waals surface area contributed by atoms with E-state index in [1.54, 1.807) is 0 Å². The Kier molecular flexibility index (Phi) is 4.84. The number of alkyl halides is 3. The number of nitrogens with one attached hydrogen (secondary N) is 1. The molecular weight excluding hydrogens is 216 g/mol. The fourth-order valence-electron chi connectivity index (χ4n) is 0.490. The summed E-state index contributed by atoms with van der Waals surface area (Å²) in [6, 6.07) is 0. The van der Waals surface area contributed by atoms with Crippen LogP contribution < -0.4 is 5.32 Å². The molecule has 0 unspecified atom stereocenters. The first-order valence-corrected chi connectivity index (χ1v) is 4.12. The minimum absolute atomic E-state index is 0.337. The minimum Gasteiger partial charge on any atom is -0.307 e. The number of halogens is 3. The van der Waals surface area contributed by atoms with Crippen LogP contribution in [0.3, 0.4) is 0 Å². The molecule has 11 heavy (non-hydrogen) atoms. The monoisotopic (exact) mass is 227 g/mol. The molecule has 0 rings (SSSR count). The fraction of sp³-hybridized carbons (Fsp3) is 0.714. The normalized spacial score (nSPS) is 11.4. The van der Waals surface area contributed by atoms with E-state index >= 15 is 0 Å². The van der Waals surface area contributed by atoms with Gasteiger partial charge in [0, 0.05) is 6.54 Å². The molecule has 0 saturated carbocycles. The van der Waals surface area contributed by atoms with Crippen LogP contribution in [0.4, 0.5) is 8.78 Å². The van der Waals surface area contributed by atoms with E-state index in [1.165, 1.54) is 0 Å². The second-order valence-electron chi connectivity index (χ2n) is 2.53. The van der Waals surface area contributed by atoms with Crippen molar-refractivity contribution in [2.24, 2.45) is 0 Å². The number of hydrogen-bond acceptors (Lipinski definition) is 1. The third kappa shape index (κ3) is 10.0. The smallest absolute Gasteiger partial charge is 0.307 e. The van der Waals surface area contributed by atoms with Gasteiger partial charge in [-0.3, -0.25) is 0 Å². The summed E-state index contributed by atoms with van der Waals surface area (Å²) < 4.78 is 24.2. The quantitative estimate of drug-likeness (QED) is 0.443. The molecule has 0 atom stereocenters. The van der Waals surface area contributed by atoms with Gasteiger partial charge in [0.2, 0.25) is 0 Å². The van der Waals surface area contributed by atoms with Crippen LogP contribution in [-0.4, -0.2) is 17.9 Å². The lowest BCUT2D eigenvalue weighted by Gasteiger charge is -2.07. The van der Waals surface area contributed by atoms with Crippen molar-refractivity contribution in [3.8, 4) is 0 Å². The molecule has 0 heterocycles. The van der Waals surface area contributed by atoms with Gasteiger partial charge in [-0.2, -0.15) is 8.78 Å². The third-order valence-electron chi connectivity index (χ3n) is 0.980. The highest BCUT2D eigenvalue weighted by Crippen LogP contribution is 2.19. The van der Waals surface area contributed by atoms with Crippen LogP contribution in [0.15, 0.2) is 11.6 Å². The molecule has 0 aliphatic heterocycles. The summed E-state index contributed by atoms with van der Waals surface area (Å²) in [5.74, 6) is 0. The van der Waals surface area contributed by atoms with Crippen molar-refractivity contribution in [1.82, 2.24) is 5.32 Å². The molecule has 0 aliphatic rings. The van der Waals surface area contributed by atoms with Gasteiger partial charge in [-0.05, 0) is 29.8 Å². The molecule has 0 amide bonds. The summed E-state index contributed by atoms with van der Waals surface area (Å²) in [6.07, 6.45) is 1.86. The molecule has 0 radical (unpaired) electrons. The van der Waals surface area contributed by atoms with Gasteiger partial charge in [-0.1, -0.05) is 11.6 Å². The molecule has 1 N–H and O–H groups in total. The molecule has 0 aromatic carbocycles. The van der Waals surface area contributed by atoms with Crippen LogP contribution in [0.25, 0.3) is 0 Å². The first-order valence-electron chi connectivity index (χ1n) is 3.32. The van der Waals surface area contributed by atoms with Gasteiger partial charge in [0.05, 0.1) is 6.54 Å². The fourth-order valence-corrected chi connectivity index (χ4v) is 0.688. The summed E-state index contributed by atoms with van der Waals surface area (Å²) >= 11 is 2.23. The van der Waals surface area contributed by atoms with Gasteiger partial charge in [0.25, 0.3) is 0 Å². The molecule has 0 fully saturated rings. The lowest BCUT2D eigenvalue weighted by atomic mass is 10.3. The topological polar surface area (TPSA) is 12.0 Å². The van der Waals surface area contributed by atoms with Crippen LogP contribution in [0.2, 0.25) is 0 Å². The Labute approximate surface area is 74.0 Å². The number of allylic oxidation sites excluding steroid dienone is 1. The molecule has 66 valence electrons. The molecule has 0 saturated heterocycles. The Morgan fingerprint density at radius 2 is 2.09 bits per heavy atom. The lowest BCUT2D eigenvalue weighted by Crippen LogP contribution is -2.27. The van der Waals surface area contributed by atoms with E-state index in [0.29, 0.717) is 6.54 Å². The SMILES string of the molecule is CC(C)=CCNCC(F)(F)Br. The summed E-state index contributed by atoms with van der Waals surface area (Å²) in [6.45, 7) is 4.00. The molecule has 4 heteroatoms. The van der Waals surface area contributed by atoms with Gasteiger partial charge >= 0.3 is 4.83 Å². The van der Waals surface area contributed by atoms with E-state index in [1.807, 2.05) is 19.9 Å². The zero-order valence-electron chi connectivity index (χ0n) is 6.63. The Morgan fingerprint density at radius 3 is 2.45 bits per heavy atom. The van der Waals surface area contributed by atoms with Crippen LogP contribution in [0.5, 0.6) is 0 Å². The average molecular weight is 228 g/mol. The number of hydrogen-bond donors (Lipinski definition) is 1. The highest BCUT2D eigenvalue weighted by atomic mass is 79.9. The molecule has 0 aliphatic carbocycles. The summed E-state index contributed by atoms with van der Waals surface area (Å²) in [7, 11) is 0. The highest BCUT2D eigenvalue weighted by Gasteiger charge is 2.22. The predicted octanol–water partition coefficient (Wildman–Crippen LogP) is 2.53. The van der Waals surface area contributed by atoms with E-state index in [4.69, 9.17) is 0 Å². The average Bonchev–Trinajstić information content (AvgIpc) is 1.78. The summed E-state index contributed by atoms with van der Waals surface area (Å²) in [5, 5.41) is 2.58. The molecule has 1 nitrogen and oxygen atoms in total. The Balaban J connectivity index is 3.36. The second kappa shape index (κ2) is 4.83. The van der Waals surface area contributed by atoms with Crippen LogP contribution in [0, 0.1) is 0 Å². The van der Waals surface area contributed by atoms with Crippen LogP contribution in [-0.2, 0) is 0 Å². The van der Waals surface area contributed by atoms with Crippen molar-refractivity contribution in [1.29, 1.82) is 0 Å². The van der Waals surface area contributed by atoms with Crippen molar-refractivity contribution in [3.63, 3.8) is 0 Å². The Morgan fingerprint density at radius 1 is 1.55 bits per heavy atom. The largest absolute Gasteiger partial charge is 0.313 e. The van der Waals surface area contributed by atoms with Gasteiger partial charge in [-0.25, -0.2) is 0 Å². The van der Waals surface area contributed by atoms with Crippen molar-refractivity contribution in [2.45, 2.75) is 18.7 Å². The Hall–Kier alpha value is 0.0400. The van der Waals surface area contributed by atoms with Crippen LogP contribution >= 0.6 is 15.9 Å². The van der Waals surface area contributed by atoms with Crippen molar-refractivity contribution < 1.29 is 8.78 Å². The van der Waals surface area contributed by atoms with E-state index in [2.05, 4.69) is 21.2 Å². The molecule has 0 spiro atoms. The minimum atomic E-state index is -2.79. The van der Waals surface area contributed by atoms with Gasteiger partial charge in [0.15, 0.2) is 0 Å². The van der Waals surface area contributed by atoms with E-state index in [0.717, 1.165) is 5.57 Å². The maximum absolute atomic E-state index is 12.1. The maximum Gasteiger partial charge on any atom is 0.313 e. The van der Waals surface area contributed by atoms with E-state index < -0.39 is 4.83 Å². The van der Waals surface area contributed by atoms with Crippen molar-refractivity contribution in [3.05, 3.63) is 11.6 Å². The molecule has 0 aromatic rings. The van der Waals surface area contributed by atoms with E-state index in [-0.39, 0.29) is 6.54 Å². The Bertz CT molecular complexity index is 136. The second-order valence-corrected chi connectivity index (χ2v) is 3.69. The standard InChI is InChI=1S/C7H12BrF2N/c1-6(2)3-4-11-5-7(8,9)10/h3,11H,4-5H2,1-2H3. The third-order valence-corrected chi connectivity index (χ3v) is 1.26. The number of rotatable bonds is 4. The van der Waals surface area contributed by atoms with E-state index in [9.17, 15) is 8.78 Å². The molecule has 0 aromatic heterocycles. The van der Waals surface area contributed by atoms with Gasteiger partial charge in [-0.15, -0.1) is 0 Å². The molecular formula is C7H12BrF2N. The van der Waals surface area contributed by atoms with Crippen molar-refractivity contribution in [2.75, 3.05) is 13.1 Å². The zero-order chi connectivity index (χ0) is 8.91. The van der Waals surface area contributed by atoms with Gasteiger partial charge < -0.3 is 5.32 Å². The van der Waals surface area contributed by atoms with Crippen molar-refractivity contribution >= 4 is 15.9 Å². The summed E-state index contributed by atoms with van der Waals surface area (Å²) in [5.41, 5.74) is 1.12. The van der Waals surface area contributed by atoms with Crippen LogP contribution in [0.1, 0.15) is 13.8 Å². The predicted molar refractivity (Wildman–Crippen MR) is 46.2 cm³/mol. The first kappa shape index (κ1) is 11.0. The molecule has 0 bridgehead atoms. The lowest BCUT2D eigenvalue weighted by molar-refractivity contribution is 0.115. The zero-order valence-corrected chi connectivity index (χ0v) is 8.21. The van der Waals surface area contributed by atoms with Gasteiger partial charge in [0.1, 0.15) is 0 Å². The highest BCUT2D eigenvalue weighted by molar-refractivity contribution is 9.10.